The number of nitrogens with two attached hydrogens (primary N) is 1. The summed E-state index contributed by atoms with van der Waals surface area (Å²) >= 11 is 0. The van der Waals surface area contributed by atoms with E-state index in [0.717, 1.165) is 29.5 Å². The molecule has 1 aliphatic rings. The molecule has 1 atom stereocenters. The van der Waals surface area contributed by atoms with Gasteiger partial charge in [-0.05, 0) is 37.5 Å². The van der Waals surface area contributed by atoms with Crippen LogP contribution in [0.3, 0.4) is 0 Å². The number of aromatic nitrogens is 4. The molecule has 0 saturated heterocycles. The monoisotopic (exact) mass is 366 g/mol. The van der Waals surface area contributed by atoms with Gasteiger partial charge in [0.15, 0.2) is 5.65 Å². The van der Waals surface area contributed by atoms with Crippen molar-refractivity contribution in [3.05, 3.63) is 36.0 Å². The smallest absolute Gasteiger partial charge is 0.319 e. The van der Waals surface area contributed by atoms with E-state index in [2.05, 4.69) is 31.0 Å². The van der Waals surface area contributed by atoms with Crippen LogP contribution in [0.15, 0.2) is 30.5 Å². The maximum atomic E-state index is 11.8. The van der Waals surface area contributed by atoms with Crippen LogP contribution >= 0.6 is 0 Å². The number of rotatable bonds is 5. The zero-order chi connectivity index (χ0) is 19.0. The summed E-state index contributed by atoms with van der Waals surface area (Å²) in [6.07, 6.45) is 3.78. The summed E-state index contributed by atoms with van der Waals surface area (Å²) in [5, 5.41) is 13.9. The standard InChI is InChI=1S/C18H22N8O/c1-10(21-17-24-15(19)14-9-20-26(2)16(14)25-17)11-3-5-12(6-4-11)22-18(27)23-13-7-8-13/h3-6,9-10,13H,7-8H2,1-2H3,(H2,22,23,27)(H3,19,21,24,25). The van der Waals surface area contributed by atoms with E-state index >= 15 is 0 Å². The Hall–Kier alpha value is -3.36. The number of anilines is 3. The van der Waals surface area contributed by atoms with Crippen molar-refractivity contribution in [2.75, 3.05) is 16.4 Å². The third-order valence-corrected chi connectivity index (χ3v) is 4.55. The lowest BCUT2D eigenvalue weighted by Gasteiger charge is -2.15. The van der Waals surface area contributed by atoms with Crippen LogP contribution in [0.25, 0.3) is 11.0 Å². The molecule has 3 aromatic rings. The maximum Gasteiger partial charge on any atom is 0.319 e. The Kier molecular flexibility index (Phi) is 4.27. The molecule has 1 aliphatic carbocycles. The largest absolute Gasteiger partial charge is 0.383 e. The van der Waals surface area contributed by atoms with Crippen molar-refractivity contribution in [1.82, 2.24) is 25.1 Å². The zero-order valence-electron chi connectivity index (χ0n) is 15.2. The molecular formula is C18H22N8O. The van der Waals surface area contributed by atoms with E-state index < -0.39 is 0 Å². The second-order valence-electron chi connectivity index (χ2n) is 6.80. The van der Waals surface area contributed by atoms with Gasteiger partial charge in [0.25, 0.3) is 0 Å². The average molecular weight is 366 g/mol. The van der Waals surface area contributed by atoms with E-state index in [9.17, 15) is 4.79 Å². The summed E-state index contributed by atoms with van der Waals surface area (Å²) in [5.74, 6) is 0.839. The minimum Gasteiger partial charge on any atom is -0.383 e. The second kappa shape index (κ2) is 6.75. The van der Waals surface area contributed by atoms with Crippen LogP contribution in [0.5, 0.6) is 0 Å². The third kappa shape index (κ3) is 3.76. The molecule has 9 nitrogen and oxygen atoms in total. The van der Waals surface area contributed by atoms with Crippen LogP contribution < -0.4 is 21.7 Å². The van der Waals surface area contributed by atoms with Crippen molar-refractivity contribution in [3.8, 4) is 0 Å². The molecule has 1 fully saturated rings. The molecule has 2 amide bonds. The highest BCUT2D eigenvalue weighted by molar-refractivity contribution is 5.89. The number of carbonyl (C=O) groups is 1. The van der Waals surface area contributed by atoms with E-state index in [1.54, 1.807) is 10.9 Å². The van der Waals surface area contributed by atoms with Gasteiger partial charge in [0.2, 0.25) is 5.95 Å². The van der Waals surface area contributed by atoms with Gasteiger partial charge in [-0.15, -0.1) is 0 Å². The van der Waals surface area contributed by atoms with Gasteiger partial charge in [-0.3, -0.25) is 4.68 Å². The predicted octanol–water partition coefficient (Wildman–Crippen LogP) is 2.40. The minimum atomic E-state index is -0.162. The first-order valence-corrected chi connectivity index (χ1v) is 8.89. The molecule has 2 heterocycles. The molecule has 0 aliphatic heterocycles. The van der Waals surface area contributed by atoms with Crippen molar-refractivity contribution in [1.29, 1.82) is 0 Å². The van der Waals surface area contributed by atoms with E-state index in [4.69, 9.17) is 5.73 Å². The third-order valence-electron chi connectivity index (χ3n) is 4.55. The number of nitrogen functional groups attached to an aromatic ring is 1. The molecule has 1 saturated carbocycles. The molecule has 4 rings (SSSR count). The number of nitrogens with zero attached hydrogens (tertiary/aromatic N) is 4. The molecular weight excluding hydrogens is 344 g/mol. The van der Waals surface area contributed by atoms with Gasteiger partial charge in [0.05, 0.1) is 17.6 Å². The molecule has 0 bridgehead atoms. The van der Waals surface area contributed by atoms with Crippen LogP contribution in [-0.4, -0.2) is 31.8 Å². The molecule has 27 heavy (non-hydrogen) atoms. The fourth-order valence-electron chi connectivity index (χ4n) is 2.82. The Morgan fingerprint density at radius 2 is 2.00 bits per heavy atom. The van der Waals surface area contributed by atoms with Crippen LogP contribution in [0.2, 0.25) is 0 Å². The number of amides is 2. The van der Waals surface area contributed by atoms with E-state index in [1.165, 1.54) is 0 Å². The lowest BCUT2D eigenvalue weighted by molar-refractivity contribution is 0.251. The lowest BCUT2D eigenvalue weighted by atomic mass is 10.1. The van der Waals surface area contributed by atoms with Crippen LogP contribution in [0.4, 0.5) is 22.2 Å². The number of benzene rings is 1. The van der Waals surface area contributed by atoms with Gasteiger partial charge in [0.1, 0.15) is 5.82 Å². The Morgan fingerprint density at radius 3 is 2.70 bits per heavy atom. The number of fused-ring (bicyclic) bond motifs is 1. The molecule has 5 N–H and O–H groups in total. The lowest BCUT2D eigenvalue weighted by Crippen LogP contribution is -2.30. The van der Waals surface area contributed by atoms with E-state index in [0.29, 0.717) is 23.5 Å². The summed E-state index contributed by atoms with van der Waals surface area (Å²) in [7, 11) is 1.81. The number of aryl methyl sites for hydroxylation is 1. The van der Waals surface area contributed by atoms with Crippen molar-refractivity contribution in [3.63, 3.8) is 0 Å². The summed E-state index contributed by atoms with van der Waals surface area (Å²) in [6, 6.07) is 7.79. The van der Waals surface area contributed by atoms with Crippen molar-refractivity contribution < 1.29 is 4.79 Å². The summed E-state index contributed by atoms with van der Waals surface area (Å²) in [5.41, 5.74) is 8.47. The molecule has 0 spiro atoms. The van der Waals surface area contributed by atoms with Crippen molar-refractivity contribution in [2.45, 2.75) is 31.8 Å². The van der Waals surface area contributed by atoms with Gasteiger partial charge in [-0.1, -0.05) is 12.1 Å². The molecule has 2 aromatic heterocycles. The number of nitrogens with one attached hydrogen (secondary N) is 3. The Balaban J connectivity index is 1.44. The van der Waals surface area contributed by atoms with E-state index in [-0.39, 0.29) is 12.1 Å². The maximum absolute atomic E-state index is 11.8. The molecule has 0 radical (unpaired) electrons. The highest BCUT2D eigenvalue weighted by atomic mass is 16.2. The quantitative estimate of drug-likeness (QED) is 0.550. The normalized spacial score (nSPS) is 14.7. The SMILES string of the molecule is CC(Nc1nc(N)c2cnn(C)c2n1)c1ccc(NC(=O)NC2CC2)cc1. The first kappa shape index (κ1) is 17.1. The van der Waals surface area contributed by atoms with Gasteiger partial charge in [-0.2, -0.15) is 15.1 Å². The summed E-state index contributed by atoms with van der Waals surface area (Å²) in [4.78, 5) is 20.6. The van der Waals surface area contributed by atoms with E-state index in [1.807, 2.05) is 38.2 Å². The highest BCUT2D eigenvalue weighted by Gasteiger charge is 2.23. The molecule has 1 aromatic carbocycles. The first-order chi connectivity index (χ1) is 13.0. The summed E-state index contributed by atoms with van der Waals surface area (Å²) < 4.78 is 1.66. The Labute approximate surface area is 156 Å². The fourth-order valence-corrected chi connectivity index (χ4v) is 2.82. The van der Waals surface area contributed by atoms with Gasteiger partial charge >= 0.3 is 6.03 Å². The minimum absolute atomic E-state index is 0.0376. The van der Waals surface area contributed by atoms with Crippen LogP contribution in [-0.2, 0) is 7.05 Å². The highest BCUT2D eigenvalue weighted by Crippen LogP contribution is 2.23. The fraction of sp³-hybridized carbons (Fsp3) is 0.333. The zero-order valence-corrected chi connectivity index (χ0v) is 15.2. The number of hydrogen-bond donors (Lipinski definition) is 4. The Bertz CT molecular complexity index is 977. The average Bonchev–Trinajstić information content (AvgIpc) is 3.36. The van der Waals surface area contributed by atoms with Crippen LogP contribution in [0, 0.1) is 0 Å². The van der Waals surface area contributed by atoms with Gasteiger partial charge in [0, 0.05) is 18.8 Å². The predicted molar refractivity (Wildman–Crippen MR) is 104 cm³/mol. The molecule has 9 heteroatoms. The first-order valence-electron chi connectivity index (χ1n) is 8.89. The molecule has 1 unspecified atom stereocenters. The van der Waals surface area contributed by atoms with Gasteiger partial charge < -0.3 is 21.7 Å². The van der Waals surface area contributed by atoms with Crippen molar-refractivity contribution >= 4 is 34.5 Å². The number of carbonyl (C=O) groups excluding carboxylic acids is 1. The topological polar surface area (TPSA) is 123 Å². The van der Waals surface area contributed by atoms with Crippen molar-refractivity contribution in [2.24, 2.45) is 7.05 Å². The summed E-state index contributed by atoms with van der Waals surface area (Å²) in [6.45, 7) is 2.01. The van der Waals surface area contributed by atoms with Crippen LogP contribution in [0.1, 0.15) is 31.4 Å². The van der Waals surface area contributed by atoms with Gasteiger partial charge in [-0.25, -0.2) is 4.79 Å². The number of urea groups is 1. The molecule has 140 valence electrons. The number of hydrogen-bond acceptors (Lipinski definition) is 6. The Morgan fingerprint density at radius 1 is 1.26 bits per heavy atom. The second-order valence-corrected chi connectivity index (χ2v) is 6.80.